The molecule has 9 heteroatoms. The fraction of sp³-hybridized carbons (Fsp3) is 0.903. The summed E-state index contributed by atoms with van der Waals surface area (Å²) >= 11 is 0. The minimum absolute atomic E-state index is 0.0502. The summed E-state index contributed by atoms with van der Waals surface area (Å²) in [4.78, 5) is 22.1. The van der Waals surface area contributed by atoms with Gasteiger partial charge in [0.15, 0.2) is 0 Å². The standard InChI is InChI=1S/C31H58N8O/c1-23-32-26(38-15-17-40-18-16-38)34-27(33-23)39(25-21-30(6,7)36-31(8,9)22-25)14-12-11-13-37(10)24-19-28(2,3)35-29(4,5)20-24/h24-25,35-36H,11-22H2,1-10H3. The van der Waals surface area contributed by atoms with E-state index in [1.807, 2.05) is 6.92 Å². The van der Waals surface area contributed by atoms with E-state index in [2.05, 4.69) is 87.8 Å². The zero-order valence-corrected chi connectivity index (χ0v) is 27.2. The number of morpholine rings is 1. The summed E-state index contributed by atoms with van der Waals surface area (Å²) in [6.07, 6.45) is 6.78. The lowest BCUT2D eigenvalue weighted by molar-refractivity contribution is 0.0806. The highest BCUT2D eigenvalue weighted by molar-refractivity contribution is 5.41. The largest absolute Gasteiger partial charge is 0.378 e. The van der Waals surface area contributed by atoms with Gasteiger partial charge in [-0.15, -0.1) is 0 Å². The van der Waals surface area contributed by atoms with Gasteiger partial charge in [-0.3, -0.25) is 0 Å². The molecule has 40 heavy (non-hydrogen) atoms. The fourth-order valence-corrected chi connectivity index (χ4v) is 7.83. The Morgan fingerprint density at radius 1 is 0.750 bits per heavy atom. The van der Waals surface area contributed by atoms with Crippen molar-refractivity contribution in [1.29, 1.82) is 0 Å². The van der Waals surface area contributed by atoms with E-state index in [-0.39, 0.29) is 22.2 Å². The van der Waals surface area contributed by atoms with Gasteiger partial charge >= 0.3 is 0 Å². The number of unbranched alkanes of at least 4 members (excludes halogenated alkanes) is 1. The van der Waals surface area contributed by atoms with E-state index in [0.717, 1.165) is 82.8 Å². The highest BCUT2D eigenvalue weighted by Gasteiger charge is 2.41. The van der Waals surface area contributed by atoms with Crippen LogP contribution in [-0.2, 0) is 4.74 Å². The first-order chi connectivity index (χ1) is 18.5. The Morgan fingerprint density at radius 3 is 1.80 bits per heavy atom. The molecule has 4 rings (SSSR count). The van der Waals surface area contributed by atoms with Crippen LogP contribution in [0.3, 0.4) is 0 Å². The number of rotatable bonds is 9. The number of hydrogen-bond donors (Lipinski definition) is 2. The molecule has 0 unspecified atom stereocenters. The number of aryl methyl sites for hydroxylation is 1. The normalized spacial score (nSPS) is 24.8. The van der Waals surface area contributed by atoms with Crippen molar-refractivity contribution >= 4 is 11.9 Å². The van der Waals surface area contributed by atoms with Crippen molar-refractivity contribution in [2.45, 2.75) is 135 Å². The van der Waals surface area contributed by atoms with E-state index in [1.54, 1.807) is 0 Å². The van der Waals surface area contributed by atoms with Crippen LogP contribution in [0.2, 0.25) is 0 Å². The molecular formula is C31H58N8O. The van der Waals surface area contributed by atoms with Crippen LogP contribution >= 0.6 is 0 Å². The summed E-state index contributed by atoms with van der Waals surface area (Å²) in [6.45, 7) is 25.9. The molecule has 9 nitrogen and oxygen atoms in total. The first-order valence-electron chi connectivity index (χ1n) is 15.6. The van der Waals surface area contributed by atoms with Crippen LogP contribution in [0.15, 0.2) is 0 Å². The Hall–Kier alpha value is -1.55. The molecule has 1 aromatic heterocycles. The van der Waals surface area contributed by atoms with Gasteiger partial charge in [0.25, 0.3) is 0 Å². The van der Waals surface area contributed by atoms with Crippen molar-refractivity contribution < 1.29 is 4.74 Å². The molecule has 3 aliphatic heterocycles. The van der Waals surface area contributed by atoms with Crippen LogP contribution in [0, 0.1) is 6.92 Å². The lowest BCUT2D eigenvalue weighted by atomic mass is 9.79. The Kier molecular flexibility index (Phi) is 9.40. The molecule has 0 spiro atoms. The average molecular weight is 559 g/mol. The molecule has 1 aromatic rings. The first-order valence-corrected chi connectivity index (χ1v) is 15.6. The van der Waals surface area contributed by atoms with Crippen LogP contribution in [0.25, 0.3) is 0 Å². The predicted molar refractivity (Wildman–Crippen MR) is 165 cm³/mol. The first kappa shape index (κ1) is 31.4. The maximum absolute atomic E-state index is 5.58. The van der Waals surface area contributed by atoms with Gasteiger partial charge in [0.05, 0.1) is 13.2 Å². The fourth-order valence-electron chi connectivity index (χ4n) is 7.83. The highest BCUT2D eigenvalue weighted by Crippen LogP contribution is 2.34. The topological polar surface area (TPSA) is 81.7 Å². The monoisotopic (exact) mass is 558 g/mol. The van der Waals surface area contributed by atoms with Crippen molar-refractivity contribution in [3.63, 3.8) is 0 Å². The Balaban J connectivity index is 1.48. The average Bonchev–Trinajstić information content (AvgIpc) is 2.80. The summed E-state index contributed by atoms with van der Waals surface area (Å²) < 4.78 is 5.58. The smallest absolute Gasteiger partial charge is 0.230 e. The van der Waals surface area contributed by atoms with Gasteiger partial charge in [-0.2, -0.15) is 15.0 Å². The van der Waals surface area contributed by atoms with E-state index < -0.39 is 0 Å². The van der Waals surface area contributed by atoms with E-state index >= 15 is 0 Å². The molecule has 0 bridgehead atoms. The van der Waals surface area contributed by atoms with Gasteiger partial charge in [-0.25, -0.2) is 0 Å². The number of nitrogens with one attached hydrogen (secondary N) is 2. The van der Waals surface area contributed by atoms with Crippen LogP contribution in [0.5, 0.6) is 0 Å². The number of piperidine rings is 2. The van der Waals surface area contributed by atoms with E-state index in [1.165, 1.54) is 12.8 Å². The number of ether oxygens (including phenoxy) is 1. The number of anilines is 2. The maximum atomic E-state index is 5.58. The van der Waals surface area contributed by atoms with Crippen LogP contribution < -0.4 is 20.4 Å². The predicted octanol–water partition coefficient (Wildman–Crippen LogP) is 4.15. The molecule has 0 saturated carbocycles. The zero-order chi connectivity index (χ0) is 29.3. The summed E-state index contributed by atoms with van der Waals surface area (Å²) in [7, 11) is 2.32. The van der Waals surface area contributed by atoms with Crippen molar-refractivity contribution in [2.75, 3.05) is 56.2 Å². The lowest BCUT2D eigenvalue weighted by Crippen LogP contribution is -2.62. The van der Waals surface area contributed by atoms with Crippen molar-refractivity contribution in [3.05, 3.63) is 5.82 Å². The van der Waals surface area contributed by atoms with E-state index in [0.29, 0.717) is 12.1 Å². The molecule has 0 aliphatic carbocycles. The second-order valence-electron chi connectivity index (χ2n) is 15.4. The molecule has 228 valence electrons. The molecule has 0 aromatic carbocycles. The van der Waals surface area contributed by atoms with Gasteiger partial charge in [0.2, 0.25) is 11.9 Å². The molecule has 0 radical (unpaired) electrons. The highest BCUT2D eigenvalue weighted by atomic mass is 16.5. The van der Waals surface area contributed by atoms with Gasteiger partial charge < -0.3 is 30.1 Å². The molecule has 3 saturated heterocycles. The SMILES string of the molecule is Cc1nc(N2CCOCC2)nc(N(CCCCN(C)C2CC(C)(C)NC(C)(C)C2)C2CC(C)(C)NC(C)(C)C2)n1. The molecule has 2 N–H and O–H groups in total. The van der Waals surface area contributed by atoms with Crippen LogP contribution in [-0.4, -0.2) is 101 Å². The van der Waals surface area contributed by atoms with Crippen LogP contribution in [0.1, 0.15) is 99.7 Å². The lowest BCUT2D eigenvalue weighted by Gasteiger charge is -2.50. The second kappa shape index (κ2) is 12.0. The maximum Gasteiger partial charge on any atom is 0.230 e. The minimum atomic E-state index is 0.0502. The van der Waals surface area contributed by atoms with E-state index in [4.69, 9.17) is 19.7 Å². The Labute approximate surface area is 244 Å². The third kappa shape index (κ3) is 8.49. The van der Waals surface area contributed by atoms with Crippen molar-refractivity contribution in [2.24, 2.45) is 0 Å². The molecule has 3 aliphatic rings. The number of aromatic nitrogens is 3. The van der Waals surface area contributed by atoms with E-state index in [9.17, 15) is 0 Å². The van der Waals surface area contributed by atoms with Crippen molar-refractivity contribution in [3.8, 4) is 0 Å². The van der Waals surface area contributed by atoms with Gasteiger partial charge in [0.1, 0.15) is 5.82 Å². The van der Waals surface area contributed by atoms with Gasteiger partial charge in [-0.05, 0) is 114 Å². The molecule has 3 fully saturated rings. The number of hydrogen-bond acceptors (Lipinski definition) is 9. The molecule has 0 atom stereocenters. The quantitative estimate of drug-likeness (QED) is 0.434. The third-order valence-electron chi connectivity index (χ3n) is 8.84. The molecule has 4 heterocycles. The summed E-state index contributed by atoms with van der Waals surface area (Å²) in [5.41, 5.74) is 0.435. The minimum Gasteiger partial charge on any atom is -0.378 e. The third-order valence-corrected chi connectivity index (χ3v) is 8.84. The Morgan fingerprint density at radius 2 is 1.25 bits per heavy atom. The summed E-state index contributed by atoms with van der Waals surface area (Å²) in [6, 6.07) is 0.977. The zero-order valence-electron chi connectivity index (χ0n) is 27.2. The Bertz CT molecular complexity index is 956. The molecular weight excluding hydrogens is 500 g/mol. The van der Waals surface area contributed by atoms with Gasteiger partial charge in [0, 0.05) is 53.9 Å². The molecule has 0 amide bonds. The number of nitrogens with zero attached hydrogens (tertiary/aromatic N) is 6. The van der Waals surface area contributed by atoms with Crippen molar-refractivity contribution in [1.82, 2.24) is 30.5 Å². The van der Waals surface area contributed by atoms with Gasteiger partial charge in [-0.1, -0.05) is 0 Å². The second-order valence-corrected chi connectivity index (χ2v) is 15.4. The summed E-state index contributed by atoms with van der Waals surface area (Å²) in [5, 5.41) is 7.69. The van der Waals surface area contributed by atoms with Crippen LogP contribution in [0.4, 0.5) is 11.9 Å². The summed E-state index contributed by atoms with van der Waals surface area (Å²) in [5.74, 6) is 2.42.